The van der Waals surface area contributed by atoms with Crippen molar-refractivity contribution < 1.29 is 18.3 Å². The fourth-order valence-electron chi connectivity index (χ4n) is 1.13. The first-order valence-electron chi connectivity index (χ1n) is 4.93. The minimum atomic E-state index is -0.848. The van der Waals surface area contributed by atoms with E-state index in [1.807, 2.05) is 0 Å². The predicted octanol–water partition coefficient (Wildman–Crippen LogP) is 1.85. The number of nitrogen functional groups attached to an aromatic ring is 1. The fraction of sp³-hybridized carbons (Fsp3) is 0.250. The number of nitrogens with two attached hydrogens (primary N) is 1. The van der Waals surface area contributed by atoms with Gasteiger partial charge in [-0.3, -0.25) is 4.79 Å². The summed E-state index contributed by atoms with van der Waals surface area (Å²) in [5, 5.41) is 0. The average molecular weight is 239 g/mol. The Morgan fingerprint density at radius 1 is 1.41 bits per heavy atom. The molecule has 0 unspecified atom stereocenters. The first-order chi connectivity index (χ1) is 8.04. The molecule has 0 bridgehead atoms. The summed E-state index contributed by atoms with van der Waals surface area (Å²) in [4.78, 5) is 10.9. The van der Waals surface area contributed by atoms with Gasteiger partial charge < -0.3 is 10.5 Å². The van der Waals surface area contributed by atoms with Crippen LogP contribution in [0.5, 0.6) is 0 Å². The van der Waals surface area contributed by atoms with Crippen LogP contribution in [0.2, 0.25) is 0 Å². The fourth-order valence-corrected chi connectivity index (χ4v) is 1.13. The zero-order valence-corrected chi connectivity index (χ0v) is 9.22. The van der Waals surface area contributed by atoms with Gasteiger partial charge in [0.05, 0.1) is 12.2 Å². The summed E-state index contributed by atoms with van der Waals surface area (Å²) in [6, 6.07) is 1.94. The van der Waals surface area contributed by atoms with E-state index in [1.165, 1.54) is 0 Å². The molecule has 0 atom stereocenters. The van der Waals surface area contributed by atoms with Crippen molar-refractivity contribution in [1.82, 2.24) is 0 Å². The lowest BCUT2D eigenvalue weighted by Gasteiger charge is -1.99. The molecule has 0 heterocycles. The van der Waals surface area contributed by atoms with Gasteiger partial charge in [-0.1, -0.05) is 11.8 Å². The van der Waals surface area contributed by atoms with E-state index in [2.05, 4.69) is 16.6 Å². The Morgan fingerprint density at radius 2 is 2.00 bits per heavy atom. The van der Waals surface area contributed by atoms with Crippen LogP contribution in [-0.4, -0.2) is 12.6 Å². The molecular weight excluding hydrogens is 228 g/mol. The van der Waals surface area contributed by atoms with Gasteiger partial charge in [-0.2, -0.15) is 0 Å². The van der Waals surface area contributed by atoms with Crippen LogP contribution in [0.3, 0.4) is 0 Å². The standard InChI is InChI=1S/C12H11F2NO2/c1-2-17-12(16)5-3-4-9-10(13)6-8(15)7-11(9)14/h6-7H,2,5,15H2,1H3. The van der Waals surface area contributed by atoms with Crippen molar-refractivity contribution in [1.29, 1.82) is 0 Å². The van der Waals surface area contributed by atoms with E-state index >= 15 is 0 Å². The highest BCUT2D eigenvalue weighted by Crippen LogP contribution is 2.15. The van der Waals surface area contributed by atoms with Gasteiger partial charge in [0.1, 0.15) is 18.1 Å². The molecule has 90 valence electrons. The summed E-state index contributed by atoms with van der Waals surface area (Å²) < 4.78 is 31.1. The van der Waals surface area contributed by atoms with Crippen LogP contribution in [0.4, 0.5) is 14.5 Å². The normalized spacial score (nSPS) is 9.35. The van der Waals surface area contributed by atoms with Crippen LogP contribution in [0.25, 0.3) is 0 Å². The number of benzene rings is 1. The van der Waals surface area contributed by atoms with Crippen LogP contribution in [0.15, 0.2) is 12.1 Å². The van der Waals surface area contributed by atoms with Crippen molar-refractivity contribution in [3.8, 4) is 11.8 Å². The molecule has 2 N–H and O–H groups in total. The second-order valence-electron chi connectivity index (χ2n) is 3.14. The largest absolute Gasteiger partial charge is 0.465 e. The second kappa shape index (κ2) is 5.85. The third-order valence-electron chi connectivity index (χ3n) is 1.82. The maximum atomic E-state index is 13.2. The Bertz CT molecular complexity index is 466. The molecule has 1 aromatic carbocycles. The maximum Gasteiger partial charge on any atom is 0.317 e. The van der Waals surface area contributed by atoms with E-state index in [0.717, 1.165) is 12.1 Å². The third-order valence-corrected chi connectivity index (χ3v) is 1.82. The predicted molar refractivity (Wildman–Crippen MR) is 58.9 cm³/mol. The van der Waals surface area contributed by atoms with Crippen LogP contribution < -0.4 is 5.73 Å². The van der Waals surface area contributed by atoms with Gasteiger partial charge in [-0.25, -0.2) is 8.78 Å². The molecule has 0 saturated heterocycles. The van der Waals surface area contributed by atoms with Crippen molar-refractivity contribution in [2.75, 3.05) is 12.3 Å². The molecular formula is C12H11F2NO2. The highest BCUT2D eigenvalue weighted by atomic mass is 19.1. The lowest BCUT2D eigenvalue weighted by molar-refractivity contribution is -0.141. The first-order valence-corrected chi connectivity index (χ1v) is 4.93. The first kappa shape index (κ1) is 13.0. The van der Waals surface area contributed by atoms with Gasteiger partial charge in [0.15, 0.2) is 0 Å². The molecule has 1 aromatic rings. The SMILES string of the molecule is CCOC(=O)CC#Cc1c(F)cc(N)cc1F. The quantitative estimate of drug-likeness (QED) is 0.487. The number of hydrogen-bond acceptors (Lipinski definition) is 3. The Morgan fingerprint density at radius 3 is 2.53 bits per heavy atom. The number of rotatable bonds is 2. The topological polar surface area (TPSA) is 52.3 Å². The van der Waals surface area contributed by atoms with Crippen LogP contribution in [-0.2, 0) is 9.53 Å². The number of esters is 1. The summed E-state index contributed by atoms with van der Waals surface area (Å²) >= 11 is 0. The average Bonchev–Trinajstić information content (AvgIpc) is 2.22. The van der Waals surface area contributed by atoms with Crippen LogP contribution >= 0.6 is 0 Å². The van der Waals surface area contributed by atoms with Gasteiger partial charge in [0.25, 0.3) is 0 Å². The highest BCUT2D eigenvalue weighted by molar-refractivity contribution is 5.72. The summed E-state index contributed by atoms with van der Waals surface area (Å²) in [6.07, 6.45) is -0.211. The molecule has 0 spiro atoms. The molecule has 0 aromatic heterocycles. The van der Waals surface area contributed by atoms with E-state index in [9.17, 15) is 13.6 Å². The summed E-state index contributed by atoms with van der Waals surface area (Å²) in [6.45, 7) is 1.90. The highest BCUT2D eigenvalue weighted by Gasteiger charge is 2.07. The van der Waals surface area contributed by atoms with Crippen molar-refractivity contribution in [2.24, 2.45) is 0 Å². The minimum absolute atomic E-state index is 0.0176. The Labute approximate surface area is 97.6 Å². The number of carbonyl (C=O) groups excluding carboxylic acids is 1. The number of halogens is 2. The number of anilines is 1. The minimum Gasteiger partial charge on any atom is -0.465 e. The summed E-state index contributed by atoms with van der Waals surface area (Å²) in [5.74, 6) is 2.36. The number of hydrogen-bond donors (Lipinski definition) is 1. The Kier molecular flexibility index (Phi) is 4.46. The molecule has 3 nitrogen and oxygen atoms in total. The van der Waals surface area contributed by atoms with E-state index < -0.39 is 23.2 Å². The van der Waals surface area contributed by atoms with E-state index in [-0.39, 0.29) is 18.7 Å². The second-order valence-corrected chi connectivity index (χ2v) is 3.14. The molecule has 0 fully saturated rings. The molecule has 0 saturated carbocycles. The Hall–Kier alpha value is -2.09. The number of ether oxygens (including phenoxy) is 1. The zero-order chi connectivity index (χ0) is 12.8. The lowest BCUT2D eigenvalue weighted by atomic mass is 10.2. The molecule has 0 aliphatic heterocycles. The molecule has 0 radical (unpaired) electrons. The van der Waals surface area contributed by atoms with Gasteiger partial charge in [0.2, 0.25) is 0 Å². The van der Waals surface area contributed by atoms with E-state index in [0.29, 0.717) is 0 Å². The van der Waals surface area contributed by atoms with Crippen LogP contribution in [0, 0.1) is 23.5 Å². The van der Waals surface area contributed by atoms with Gasteiger partial charge in [-0.05, 0) is 19.1 Å². The van der Waals surface area contributed by atoms with E-state index in [1.54, 1.807) is 6.92 Å². The van der Waals surface area contributed by atoms with Crippen molar-refractivity contribution in [3.63, 3.8) is 0 Å². The van der Waals surface area contributed by atoms with Crippen molar-refractivity contribution in [3.05, 3.63) is 29.3 Å². The van der Waals surface area contributed by atoms with Crippen molar-refractivity contribution in [2.45, 2.75) is 13.3 Å². The Balaban J connectivity index is 2.82. The maximum absolute atomic E-state index is 13.2. The lowest BCUT2D eigenvalue weighted by Crippen LogP contribution is -2.02. The molecule has 0 amide bonds. The van der Waals surface area contributed by atoms with Gasteiger partial charge in [0, 0.05) is 5.69 Å². The van der Waals surface area contributed by atoms with Gasteiger partial charge in [-0.15, -0.1) is 0 Å². The molecule has 0 aliphatic rings. The van der Waals surface area contributed by atoms with Crippen LogP contribution in [0.1, 0.15) is 18.9 Å². The molecule has 1 rings (SSSR count). The third kappa shape index (κ3) is 3.76. The smallest absolute Gasteiger partial charge is 0.317 e. The molecule has 5 heteroatoms. The van der Waals surface area contributed by atoms with Crippen molar-refractivity contribution >= 4 is 11.7 Å². The number of carbonyl (C=O) groups is 1. The van der Waals surface area contributed by atoms with E-state index in [4.69, 9.17) is 5.73 Å². The molecule has 0 aliphatic carbocycles. The molecule has 17 heavy (non-hydrogen) atoms. The van der Waals surface area contributed by atoms with Gasteiger partial charge >= 0.3 is 5.97 Å². The zero-order valence-electron chi connectivity index (χ0n) is 9.22. The summed E-state index contributed by atoms with van der Waals surface area (Å²) in [5.41, 5.74) is 4.83. The summed E-state index contributed by atoms with van der Waals surface area (Å²) in [7, 11) is 0. The monoisotopic (exact) mass is 239 g/mol.